The predicted molar refractivity (Wildman–Crippen MR) is 78.3 cm³/mol. The molecule has 0 spiro atoms. The van der Waals surface area contributed by atoms with Gasteiger partial charge in [0, 0.05) is 25.5 Å². The van der Waals surface area contributed by atoms with Crippen molar-refractivity contribution in [3.8, 4) is 0 Å². The van der Waals surface area contributed by atoms with Crippen molar-refractivity contribution in [2.24, 2.45) is 5.92 Å². The molecule has 108 valence electrons. The molecule has 1 saturated heterocycles. The Hall–Kier alpha value is -1.03. The summed E-state index contributed by atoms with van der Waals surface area (Å²) in [4.78, 5) is 4.83. The molecule has 0 aliphatic carbocycles. The molecule has 2 heterocycles. The van der Waals surface area contributed by atoms with Crippen LogP contribution in [0, 0.1) is 5.92 Å². The number of nitrogens with two attached hydrogens (primary N) is 1. The summed E-state index contributed by atoms with van der Waals surface area (Å²) in [6, 6.07) is 0. The molecule has 0 radical (unpaired) electrons. The van der Waals surface area contributed by atoms with Crippen LogP contribution in [-0.4, -0.2) is 22.8 Å². The molecule has 2 rings (SSSR count). The van der Waals surface area contributed by atoms with Crippen molar-refractivity contribution in [1.29, 1.82) is 0 Å². The second kappa shape index (κ2) is 6.42. The van der Waals surface area contributed by atoms with Gasteiger partial charge in [-0.15, -0.1) is 0 Å². The maximum Gasteiger partial charge on any atom is 0.127 e. The van der Waals surface area contributed by atoms with E-state index in [9.17, 15) is 0 Å². The molecule has 1 aromatic rings. The van der Waals surface area contributed by atoms with Gasteiger partial charge in [-0.3, -0.25) is 0 Å². The number of nitrogen functional groups attached to an aromatic ring is 1. The molecule has 1 aliphatic rings. The first-order chi connectivity index (χ1) is 9.13. The Morgan fingerprint density at radius 2 is 2.26 bits per heavy atom. The zero-order valence-corrected chi connectivity index (χ0v) is 12.5. The van der Waals surface area contributed by atoms with Crippen LogP contribution in [0.5, 0.6) is 0 Å². The number of hydrogen-bond acceptors (Lipinski definition) is 3. The number of ether oxygens (including phenoxy) is 1. The number of hydrogen-bond donors (Lipinski definition) is 1. The first-order valence-electron chi connectivity index (χ1n) is 7.56. The SMILES string of the molecule is CCCc1nc(C2CCCOC2)c(N)n1CC(C)C. The summed E-state index contributed by atoms with van der Waals surface area (Å²) < 4.78 is 7.80. The van der Waals surface area contributed by atoms with E-state index in [4.69, 9.17) is 15.5 Å². The van der Waals surface area contributed by atoms with Crippen LogP contribution in [-0.2, 0) is 17.7 Å². The van der Waals surface area contributed by atoms with Crippen molar-refractivity contribution >= 4 is 5.82 Å². The minimum atomic E-state index is 0.387. The topological polar surface area (TPSA) is 53.1 Å². The fourth-order valence-corrected chi connectivity index (χ4v) is 2.77. The predicted octanol–water partition coefficient (Wildman–Crippen LogP) is 2.97. The van der Waals surface area contributed by atoms with Crippen LogP contribution >= 0.6 is 0 Å². The second-order valence-electron chi connectivity index (χ2n) is 5.97. The van der Waals surface area contributed by atoms with Crippen LogP contribution in [0.1, 0.15) is 57.5 Å². The Bertz CT molecular complexity index is 406. The molecule has 1 atom stereocenters. The van der Waals surface area contributed by atoms with Gasteiger partial charge in [-0.1, -0.05) is 20.8 Å². The van der Waals surface area contributed by atoms with E-state index >= 15 is 0 Å². The highest BCUT2D eigenvalue weighted by Gasteiger charge is 2.24. The standard InChI is InChI=1S/C15H27N3O/c1-4-6-13-17-14(12-7-5-8-19-10-12)15(16)18(13)9-11(2)3/h11-12H,4-10,16H2,1-3H3. The van der Waals surface area contributed by atoms with Crippen LogP contribution in [0.4, 0.5) is 5.82 Å². The van der Waals surface area contributed by atoms with E-state index in [1.54, 1.807) is 0 Å². The van der Waals surface area contributed by atoms with Crippen molar-refractivity contribution in [2.45, 2.75) is 58.9 Å². The van der Waals surface area contributed by atoms with Gasteiger partial charge >= 0.3 is 0 Å². The largest absolute Gasteiger partial charge is 0.384 e. The molecule has 1 aliphatic heterocycles. The van der Waals surface area contributed by atoms with Crippen LogP contribution in [0.3, 0.4) is 0 Å². The Morgan fingerprint density at radius 1 is 1.47 bits per heavy atom. The summed E-state index contributed by atoms with van der Waals surface area (Å²) in [7, 11) is 0. The molecule has 4 heteroatoms. The highest BCUT2D eigenvalue weighted by atomic mass is 16.5. The highest BCUT2D eigenvalue weighted by Crippen LogP contribution is 2.30. The van der Waals surface area contributed by atoms with E-state index in [0.717, 1.165) is 62.8 Å². The number of aryl methyl sites for hydroxylation is 1. The molecule has 0 amide bonds. The summed E-state index contributed by atoms with van der Waals surface area (Å²) in [5, 5.41) is 0. The molecular formula is C15H27N3O. The number of nitrogens with zero attached hydrogens (tertiary/aromatic N) is 2. The van der Waals surface area contributed by atoms with Crippen LogP contribution in [0.15, 0.2) is 0 Å². The molecule has 2 N–H and O–H groups in total. The van der Waals surface area contributed by atoms with Gasteiger partial charge in [0.15, 0.2) is 0 Å². The number of imidazole rings is 1. The molecule has 0 saturated carbocycles. The molecule has 1 fully saturated rings. The van der Waals surface area contributed by atoms with Crippen LogP contribution in [0.2, 0.25) is 0 Å². The van der Waals surface area contributed by atoms with E-state index in [2.05, 4.69) is 25.3 Å². The first-order valence-corrected chi connectivity index (χ1v) is 7.56. The fourth-order valence-electron chi connectivity index (χ4n) is 2.77. The lowest BCUT2D eigenvalue weighted by atomic mass is 9.98. The van der Waals surface area contributed by atoms with Gasteiger partial charge in [-0.2, -0.15) is 0 Å². The lowest BCUT2D eigenvalue weighted by molar-refractivity contribution is 0.0796. The van der Waals surface area contributed by atoms with Gasteiger partial charge in [0.05, 0.1) is 12.3 Å². The van der Waals surface area contributed by atoms with Gasteiger partial charge in [-0.25, -0.2) is 4.98 Å². The van der Waals surface area contributed by atoms with E-state index in [0.29, 0.717) is 11.8 Å². The summed E-state index contributed by atoms with van der Waals surface area (Å²) >= 11 is 0. The van der Waals surface area contributed by atoms with Crippen molar-refractivity contribution in [1.82, 2.24) is 9.55 Å². The fraction of sp³-hybridized carbons (Fsp3) is 0.800. The third-order valence-electron chi connectivity index (χ3n) is 3.68. The van der Waals surface area contributed by atoms with Gasteiger partial charge < -0.3 is 15.0 Å². The summed E-state index contributed by atoms with van der Waals surface area (Å²) in [5.41, 5.74) is 7.43. The third-order valence-corrected chi connectivity index (χ3v) is 3.68. The molecule has 19 heavy (non-hydrogen) atoms. The Labute approximate surface area is 116 Å². The number of anilines is 1. The van der Waals surface area contributed by atoms with Gasteiger partial charge in [0.1, 0.15) is 11.6 Å². The van der Waals surface area contributed by atoms with E-state index in [1.165, 1.54) is 0 Å². The molecule has 0 aromatic carbocycles. The number of rotatable bonds is 5. The maximum atomic E-state index is 6.36. The lowest BCUT2D eigenvalue weighted by Gasteiger charge is -2.21. The Kier molecular flexibility index (Phi) is 4.86. The maximum absolute atomic E-state index is 6.36. The summed E-state index contributed by atoms with van der Waals surface area (Å²) in [5.74, 6) is 2.99. The highest BCUT2D eigenvalue weighted by molar-refractivity contribution is 5.41. The monoisotopic (exact) mass is 265 g/mol. The first kappa shape index (κ1) is 14.4. The van der Waals surface area contributed by atoms with Crippen molar-refractivity contribution < 1.29 is 4.74 Å². The van der Waals surface area contributed by atoms with Crippen LogP contribution < -0.4 is 5.73 Å². The van der Waals surface area contributed by atoms with Crippen molar-refractivity contribution in [3.05, 3.63) is 11.5 Å². The molecule has 1 unspecified atom stereocenters. The minimum Gasteiger partial charge on any atom is -0.384 e. The average Bonchev–Trinajstić information content (AvgIpc) is 2.69. The summed E-state index contributed by atoms with van der Waals surface area (Å²) in [6.07, 6.45) is 4.37. The molecular weight excluding hydrogens is 238 g/mol. The van der Waals surface area contributed by atoms with Gasteiger partial charge in [0.25, 0.3) is 0 Å². The smallest absolute Gasteiger partial charge is 0.127 e. The summed E-state index contributed by atoms with van der Waals surface area (Å²) in [6.45, 7) is 9.24. The van der Waals surface area contributed by atoms with Crippen molar-refractivity contribution in [3.63, 3.8) is 0 Å². The lowest BCUT2D eigenvalue weighted by Crippen LogP contribution is -2.17. The quantitative estimate of drug-likeness (QED) is 0.890. The second-order valence-corrected chi connectivity index (χ2v) is 5.97. The minimum absolute atomic E-state index is 0.387. The van der Waals surface area contributed by atoms with Crippen molar-refractivity contribution in [2.75, 3.05) is 18.9 Å². The normalized spacial score (nSPS) is 20.1. The number of aromatic nitrogens is 2. The van der Waals surface area contributed by atoms with Crippen LogP contribution in [0.25, 0.3) is 0 Å². The Balaban J connectivity index is 2.27. The molecule has 4 nitrogen and oxygen atoms in total. The average molecular weight is 265 g/mol. The molecule has 0 bridgehead atoms. The van der Waals surface area contributed by atoms with E-state index < -0.39 is 0 Å². The zero-order chi connectivity index (χ0) is 13.8. The Morgan fingerprint density at radius 3 is 2.84 bits per heavy atom. The molecule has 1 aromatic heterocycles. The van der Waals surface area contributed by atoms with E-state index in [1.807, 2.05) is 0 Å². The zero-order valence-electron chi connectivity index (χ0n) is 12.5. The van der Waals surface area contributed by atoms with E-state index in [-0.39, 0.29) is 0 Å². The third kappa shape index (κ3) is 3.30. The van der Waals surface area contributed by atoms with Gasteiger partial charge in [-0.05, 0) is 25.2 Å². The van der Waals surface area contributed by atoms with Gasteiger partial charge in [0.2, 0.25) is 0 Å².